The van der Waals surface area contributed by atoms with E-state index in [4.69, 9.17) is 14.2 Å². The van der Waals surface area contributed by atoms with E-state index in [0.29, 0.717) is 37.7 Å². The fourth-order valence-corrected chi connectivity index (χ4v) is 4.28. The van der Waals surface area contributed by atoms with Crippen molar-refractivity contribution in [1.82, 2.24) is 0 Å². The van der Waals surface area contributed by atoms with Crippen molar-refractivity contribution in [2.45, 2.75) is 89.3 Å². The molecule has 182 valence electrons. The summed E-state index contributed by atoms with van der Waals surface area (Å²) in [6.45, 7) is 5.17. The van der Waals surface area contributed by atoms with Crippen LogP contribution in [0.25, 0.3) is 0 Å². The Morgan fingerprint density at radius 3 is 2.00 bits per heavy atom. The van der Waals surface area contributed by atoms with Crippen molar-refractivity contribution in [3.8, 4) is 0 Å². The van der Waals surface area contributed by atoms with E-state index >= 15 is 0 Å². The van der Waals surface area contributed by atoms with Gasteiger partial charge in [-0.2, -0.15) is 0 Å². The zero-order valence-electron chi connectivity index (χ0n) is 18.5. The van der Waals surface area contributed by atoms with Gasteiger partial charge in [0.05, 0.1) is 26.1 Å². The van der Waals surface area contributed by atoms with Crippen LogP contribution in [0.4, 0.5) is 13.2 Å². The van der Waals surface area contributed by atoms with E-state index in [-0.39, 0.29) is 56.8 Å². The van der Waals surface area contributed by atoms with Gasteiger partial charge in [0.2, 0.25) is 0 Å². The molecule has 2 atom stereocenters. The topological polar surface area (TPSA) is 78.9 Å². The van der Waals surface area contributed by atoms with Crippen molar-refractivity contribution >= 4 is 17.9 Å². The number of hydrogen-bond donors (Lipinski definition) is 0. The molecule has 0 bridgehead atoms. The molecule has 2 rings (SSSR count). The Labute approximate surface area is 186 Å². The van der Waals surface area contributed by atoms with E-state index in [0.717, 1.165) is 0 Å². The predicted molar refractivity (Wildman–Crippen MR) is 110 cm³/mol. The smallest absolute Gasteiger partial charge is 0.333 e. The SMILES string of the molecule is C=C(C)C(=O)OCCCOC(=O)CCC(=O)OC1CCC(C2CC(F)C(F)C(F)C2)CC1. The first-order chi connectivity index (χ1) is 15.2. The average molecular weight is 463 g/mol. The molecule has 32 heavy (non-hydrogen) atoms. The molecule has 2 aliphatic carbocycles. The number of alkyl halides is 3. The van der Waals surface area contributed by atoms with Crippen molar-refractivity contribution in [2.75, 3.05) is 13.2 Å². The summed E-state index contributed by atoms with van der Waals surface area (Å²) in [5.41, 5.74) is 0.291. The Balaban J connectivity index is 1.56. The van der Waals surface area contributed by atoms with Crippen LogP contribution in [0.1, 0.15) is 64.7 Å². The van der Waals surface area contributed by atoms with Crippen LogP contribution in [0, 0.1) is 11.8 Å². The van der Waals surface area contributed by atoms with Crippen LogP contribution in [0.2, 0.25) is 0 Å². The van der Waals surface area contributed by atoms with Crippen LogP contribution in [0.5, 0.6) is 0 Å². The number of hydrogen-bond acceptors (Lipinski definition) is 6. The Bertz CT molecular complexity index is 650. The van der Waals surface area contributed by atoms with Crippen LogP contribution in [0.3, 0.4) is 0 Å². The van der Waals surface area contributed by atoms with E-state index in [1.54, 1.807) is 0 Å². The lowest BCUT2D eigenvalue weighted by Crippen LogP contribution is -2.40. The maximum absolute atomic E-state index is 13.7. The standard InChI is InChI=1S/C23H33F3O6/c1-14(2)23(29)31-11-3-10-30-20(27)8-9-21(28)32-17-6-4-15(5-7-17)16-12-18(24)22(26)19(25)13-16/h15-19,22H,1,3-13H2,2H3. The Kier molecular flexibility index (Phi) is 10.5. The lowest BCUT2D eigenvalue weighted by molar-refractivity contribution is -0.155. The molecule has 2 saturated carbocycles. The van der Waals surface area contributed by atoms with Gasteiger partial charge in [-0.25, -0.2) is 18.0 Å². The zero-order valence-corrected chi connectivity index (χ0v) is 18.5. The minimum atomic E-state index is -2.02. The van der Waals surface area contributed by atoms with Gasteiger partial charge in [-0.15, -0.1) is 0 Å². The van der Waals surface area contributed by atoms with Crippen LogP contribution in [0.15, 0.2) is 12.2 Å². The molecule has 9 heteroatoms. The molecule has 0 aromatic heterocycles. The normalized spacial score (nSPS) is 30.2. The monoisotopic (exact) mass is 462 g/mol. The summed E-state index contributed by atoms with van der Waals surface area (Å²) in [6, 6.07) is 0. The summed E-state index contributed by atoms with van der Waals surface area (Å²) < 4.78 is 55.9. The summed E-state index contributed by atoms with van der Waals surface area (Å²) >= 11 is 0. The molecule has 0 aliphatic heterocycles. The maximum atomic E-state index is 13.7. The molecule has 6 nitrogen and oxygen atoms in total. The fourth-order valence-electron chi connectivity index (χ4n) is 4.28. The molecule has 0 heterocycles. The molecule has 0 radical (unpaired) electrons. The average Bonchev–Trinajstić information content (AvgIpc) is 2.75. The van der Waals surface area contributed by atoms with Gasteiger partial charge in [-0.05, 0) is 57.3 Å². The molecular formula is C23H33F3O6. The highest BCUT2D eigenvalue weighted by molar-refractivity contribution is 5.86. The summed E-state index contributed by atoms with van der Waals surface area (Å²) in [4.78, 5) is 34.9. The molecular weight excluding hydrogens is 429 g/mol. The Morgan fingerprint density at radius 1 is 0.844 bits per heavy atom. The first-order valence-corrected chi connectivity index (χ1v) is 11.3. The van der Waals surface area contributed by atoms with Crippen molar-refractivity contribution in [2.24, 2.45) is 11.8 Å². The number of carbonyl (C=O) groups excluding carboxylic acids is 3. The minimum Gasteiger partial charge on any atom is -0.466 e. The van der Waals surface area contributed by atoms with Gasteiger partial charge in [0.25, 0.3) is 0 Å². The van der Waals surface area contributed by atoms with Gasteiger partial charge < -0.3 is 14.2 Å². The molecule has 0 N–H and O–H groups in total. The zero-order chi connectivity index (χ0) is 23.7. The number of ether oxygens (including phenoxy) is 3. The molecule has 0 aromatic rings. The third-order valence-electron chi connectivity index (χ3n) is 6.10. The van der Waals surface area contributed by atoms with E-state index in [1.807, 2.05) is 0 Å². The highest BCUT2D eigenvalue weighted by atomic mass is 19.2. The predicted octanol–water partition coefficient (Wildman–Crippen LogP) is 4.35. The van der Waals surface area contributed by atoms with Gasteiger partial charge >= 0.3 is 17.9 Å². The molecule has 2 unspecified atom stereocenters. The highest BCUT2D eigenvalue weighted by Gasteiger charge is 2.42. The fraction of sp³-hybridized carbons (Fsp3) is 0.783. The quantitative estimate of drug-likeness (QED) is 0.208. The van der Waals surface area contributed by atoms with Gasteiger partial charge in [-0.3, -0.25) is 9.59 Å². The second-order valence-electron chi connectivity index (χ2n) is 8.72. The van der Waals surface area contributed by atoms with Crippen LogP contribution in [-0.2, 0) is 28.6 Å². The second-order valence-corrected chi connectivity index (χ2v) is 8.72. The van der Waals surface area contributed by atoms with Crippen molar-refractivity contribution in [3.05, 3.63) is 12.2 Å². The van der Waals surface area contributed by atoms with Crippen molar-refractivity contribution in [3.63, 3.8) is 0 Å². The molecule has 0 saturated heterocycles. The van der Waals surface area contributed by atoms with Gasteiger partial charge in [0, 0.05) is 12.0 Å². The number of rotatable bonds is 10. The van der Waals surface area contributed by atoms with E-state index in [9.17, 15) is 27.6 Å². The molecule has 2 fully saturated rings. The van der Waals surface area contributed by atoms with Crippen molar-refractivity contribution < 1.29 is 41.8 Å². The van der Waals surface area contributed by atoms with Crippen molar-refractivity contribution in [1.29, 1.82) is 0 Å². The third-order valence-corrected chi connectivity index (χ3v) is 6.10. The lowest BCUT2D eigenvalue weighted by atomic mass is 9.71. The van der Waals surface area contributed by atoms with Gasteiger partial charge in [-0.1, -0.05) is 6.58 Å². The number of esters is 3. The van der Waals surface area contributed by atoms with E-state index in [1.165, 1.54) is 6.92 Å². The van der Waals surface area contributed by atoms with E-state index in [2.05, 4.69) is 6.58 Å². The molecule has 0 aromatic carbocycles. The van der Waals surface area contributed by atoms with E-state index < -0.39 is 36.4 Å². The minimum absolute atomic E-state index is 0.0507. The number of halogens is 3. The van der Waals surface area contributed by atoms with Crippen LogP contribution in [-0.4, -0.2) is 55.7 Å². The summed E-state index contributed by atoms with van der Waals surface area (Å²) in [5.74, 6) is -1.60. The number of carbonyl (C=O) groups is 3. The summed E-state index contributed by atoms with van der Waals surface area (Å²) in [6.07, 6.45) is -3.02. The first-order valence-electron chi connectivity index (χ1n) is 11.3. The highest BCUT2D eigenvalue weighted by Crippen LogP contribution is 2.41. The molecule has 2 aliphatic rings. The Morgan fingerprint density at radius 2 is 1.41 bits per heavy atom. The molecule has 0 spiro atoms. The second kappa shape index (κ2) is 12.8. The maximum Gasteiger partial charge on any atom is 0.333 e. The summed E-state index contributed by atoms with van der Waals surface area (Å²) in [5, 5.41) is 0. The Hall–Kier alpha value is -2.06. The third kappa shape index (κ3) is 8.47. The van der Waals surface area contributed by atoms with Crippen LogP contribution >= 0.6 is 0 Å². The lowest BCUT2D eigenvalue weighted by Gasteiger charge is -2.38. The van der Waals surface area contributed by atoms with Gasteiger partial charge in [0.15, 0.2) is 6.17 Å². The largest absolute Gasteiger partial charge is 0.466 e. The molecule has 0 amide bonds. The van der Waals surface area contributed by atoms with Gasteiger partial charge in [0.1, 0.15) is 18.4 Å². The van der Waals surface area contributed by atoms with Crippen LogP contribution < -0.4 is 0 Å². The first kappa shape index (κ1) is 26.2. The summed E-state index contributed by atoms with van der Waals surface area (Å²) in [7, 11) is 0.